The third-order valence-corrected chi connectivity index (χ3v) is 3.27. The Kier molecular flexibility index (Phi) is 4.98. The molecule has 6 nitrogen and oxygen atoms in total. The number of rotatable bonds is 4. The minimum atomic E-state index is -0.453. The van der Waals surface area contributed by atoms with E-state index in [2.05, 4.69) is 20.6 Å². The van der Waals surface area contributed by atoms with E-state index in [1.165, 1.54) is 0 Å². The predicted molar refractivity (Wildman–Crippen MR) is 94.6 cm³/mol. The van der Waals surface area contributed by atoms with Crippen LogP contribution in [0.5, 0.6) is 0 Å². The Morgan fingerprint density at radius 1 is 1.04 bits per heavy atom. The van der Waals surface area contributed by atoms with Gasteiger partial charge < -0.3 is 16.4 Å². The largest absolute Gasteiger partial charge is 0.372 e. The smallest absolute Gasteiger partial charge is 0.248 e. The molecule has 0 aliphatic rings. The third-order valence-electron chi connectivity index (χ3n) is 3.27. The fourth-order valence-electron chi connectivity index (χ4n) is 2.17. The lowest BCUT2D eigenvalue weighted by atomic mass is 10.2. The van der Waals surface area contributed by atoms with Crippen molar-refractivity contribution in [3.8, 4) is 0 Å². The molecule has 0 aliphatic heterocycles. The Labute approximate surface area is 139 Å². The predicted octanol–water partition coefficient (Wildman–Crippen LogP) is 2.94. The highest BCUT2D eigenvalue weighted by molar-refractivity contribution is 5.93. The van der Waals surface area contributed by atoms with Gasteiger partial charge in [0.05, 0.1) is 5.52 Å². The molecule has 3 rings (SSSR count). The van der Waals surface area contributed by atoms with E-state index in [9.17, 15) is 4.79 Å². The summed E-state index contributed by atoms with van der Waals surface area (Å²) in [5.74, 6) is 0.780. The second kappa shape index (κ2) is 6.93. The molecule has 23 heavy (non-hydrogen) atoms. The molecule has 0 unspecified atom stereocenters. The monoisotopic (exact) mass is 329 g/mol. The van der Waals surface area contributed by atoms with Gasteiger partial charge in [0.1, 0.15) is 5.82 Å². The van der Waals surface area contributed by atoms with Gasteiger partial charge in [0, 0.05) is 23.7 Å². The second-order valence-electron chi connectivity index (χ2n) is 4.73. The van der Waals surface area contributed by atoms with Gasteiger partial charge in [0.15, 0.2) is 0 Å². The lowest BCUT2D eigenvalue weighted by Gasteiger charge is -2.09. The molecule has 3 aromatic rings. The van der Waals surface area contributed by atoms with Crippen LogP contribution in [0.3, 0.4) is 0 Å². The van der Waals surface area contributed by atoms with E-state index in [1.807, 2.05) is 31.3 Å². The van der Waals surface area contributed by atoms with Crippen LogP contribution >= 0.6 is 12.4 Å². The maximum atomic E-state index is 11.1. The van der Waals surface area contributed by atoms with E-state index in [-0.39, 0.29) is 12.4 Å². The highest BCUT2D eigenvalue weighted by atomic mass is 35.5. The van der Waals surface area contributed by atoms with Crippen LogP contribution in [0.15, 0.2) is 48.5 Å². The molecule has 118 valence electrons. The number of carbonyl (C=O) groups excluding carboxylic acids is 1. The zero-order valence-electron chi connectivity index (χ0n) is 12.4. The Hall–Kier alpha value is -2.86. The normalized spacial score (nSPS) is 9.96. The number of benzene rings is 2. The number of fused-ring (bicyclic) bond motifs is 1. The van der Waals surface area contributed by atoms with E-state index in [0.717, 1.165) is 22.4 Å². The van der Waals surface area contributed by atoms with Crippen molar-refractivity contribution < 1.29 is 4.79 Å². The summed E-state index contributed by atoms with van der Waals surface area (Å²) >= 11 is 0. The molecule has 2 aromatic carbocycles. The Balaban J connectivity index is 0.00000192. The summed E-state index contributed by atoms with van der Waals surface area (Å²) < 4.78 is 0. The van der Waals surface area contributed by atoms with E-state index >= 15 is 0 Å². The SMILES string of the molecule is CNc1nc(Nc2ccc(C(N)=O)cc2)nc2ccccc12.Cl. The van der Waals surface area contributed by atoms with Crippen LogP contribution in [0.4, 0.5) is 17.5 Å². The molecule has 7 heteroatoms. The highest BCUT2D eigenvalue weighted by Crippen LogP contribution is 2.23. The number of aromatic nitrogens is 2. The summed E-state index contributed by atoms with van der Waals surface area (Å²) in [7, 11) is 1.82. The first-order valence-electron chi connectivity index (χ1n) is 6.79. The van der Waals surface area contributed by atoms with Crippen molar-refractivity contribution in [2.24, 2.45) is 5.73 Å². The van der Waals surface area contributed by atoms with Crippen LogP contribution in [0.25, 0.3) is 10.9 Å². The Morgan fingerprint density at radius 2 is 1.74 bits per heavy atom. The summed E-state index contributed by atoms with van der Waals surface area (Å²) in [6.07, 6.45) is 0. The average Bonchev–Trinajstić information content (AvgIpc) is 2.54. The van der Waals surface area contributed by atoms with Gasteiger partial charge in [-0.2, -0.15) is 4.98 Å². The van der Waals surface area contributed by atoms with Gasteiger partial charge in [-0.3, -0.25) is 4.79 Å². The molecule has 0 saturated heterocycles. The van der Waals surface area contributed by atoms with Gasteiger partial charge >= 0.3 is 0 Å². The number of amides is 1. The Bertz CT molecular complexity index is 835. The first-order valence-corrected chi connectivity index (χ1v) is 6.79. The zero-order valence-corrected chi connectivity index (χ0v) is 13.2. The lowest BCUT2D eigenvalue weighted by Crippen LogP contribution is -2.10. The fourth-order valence-corrected chi connectivity index (χ4v) is 2.17. The number of primary amides is 1. The van der Waals surface area contributed by atoms with Crippen LogP contribution in [-0.2, 0) is 0 Å². The molecule has 0 fully saturated rings. The summed E-state index contributed by atoms with van der Waals surface area (Å²) in [5.41, 5.74) is 7.31. The molecule has 0 radical (unpaired) electrons. The van der Waals surface area contributed by atoms with Crippen molar-refractivity contribution in [2.45, 2.75) is 0 Å². The van der Waals surface area contributed by atoms with Crippen LogP contribution in [0.1, 0.15) is 10.4 Å². The van der Waals surface area contributed by atoms with Crippen molar-refractivity contribution in [3.63, 3.8) is 0 Å². The Morgan fingerprint density at radius 3 is 2.39 bits per heavy atom. The average molecular weight is 330 g/mol. The quantitative estimate of drug-likeness (QED) is 0.684. The summed E-state index contributed by atoms with van der Waals surface area (Å²) in [6.45, 7) is 0. The number of nitrogens with zero attached hydrogens (tertiary/aromatic N) is 2. The van der Waals surface area contributed by atoms with E-state index < -0.39 is 5.91 Å². The molecule has 0 atom stereocenters. The van der Waals surface area contributed by atoms with E-state index in [4.69, 9.17) is 5.73 Å². The van der Waals surface area contributed by atoms with Crippen molar-refractivity contribution >= 4 is 46.7 Å². The van der Waals surface area contributed by atoms with E-state index in [1.54, 1.807) is 24.3 Å². The van der Waals surface area contributed by atoms with Gasteiger partial charge in [0.25, 0.3) is 0 Å². The minimum absolute atomic E-state index is 0. The molecule has 0 saturated carbocycles. The third kappa shape index (κ3) is 3.49. The van der Waals surface area contributed by atoms with Gasteiger partial charge in [-0.1, -0.05) is 12.1 Å². The van der Waals surface area contributed by atoms with E-state index in [0.29, 0.717) is 11.5 Å². The molecule has 4 N–H and O–H groups in total. The van der Waals surface area contributed by atoms with Crippen molar-refractivity contribution in [1.29, 1.82) is 0 Å². The second-order valence-corrected chi connectivity index (χ2v) is 4.73. The maximum absolute atomic E-state index is 11.1. The number of nitrogens with two attached hydrogens (primary N) is 1. The molecular weight excluding hydrogens is 314 g/mol. The minimum Gasteiger partial charge on any atom is -0.372 e. The van der Waals surface area contributed by atoms with Crippen molar-refractivity contribution in [1.82, 2.24) is 9.97 Å². The van der Waals surface area contributed by atoms with Crippen LogP contribution in [-0.4, -0.2) is 22.9 Å². The molecule has 1 amide bonds. The van der Waals surface area contributed by atoms with Crippen LogP contribution in [0, 0.1) is 0 Å². The van der Waals surface area contributed by atoms with Gasteiger partial charge in [0.2, 0.25) is 11.9 Å². The number of halogens is 1. The maximum Gasteiger partial charge on any atom is 0.248 e. The number of para-hydroxylation sites is 1. The number of hydrogen-bond acceptors (Lipinski definition) is 5. The fraction of sp³-hybridized carbons (Fsp3) is 0.0625. The summed E-state index contributed by atoms with van der Waals surface area (Å²) in [4.78, 5) is 20.0. The summed E-state index contributed by atoms with van der Waals surface area (Å²) in [5, 5.41) is 7.15. The van der Waals surface area contributed by atoms with Gasteiger partial charge in [-0.05, 0) is 36.4 Å². The molecule has 1 aromatic heterocycles. The number of carbonyl (C=O) groups is 1. The van der Waals surface area contributed by atoms with Crippen LogP contribution < -0.4 is 16.4 Å². The number of nitrogens with one attached hydrogen (secondary N) is 2. The molecule has 0 spiro atoms. The molecule has 1 heterocycles. The molecule has 0 aliphatic carbocycles. The zero-order chi connectivity index (χ0) is 15.5. The first-order chi connectivity index (χ1) is 10.7. The number of hydrogen-bond donors (Lipinski definition) is 3. The number of anilines is 3. The van der Waals surface area contributed by atoms with Gasteiger partial charge in [-0.15, -0.1) is 12.4 Å². The topological polar surface area (TPSA) is 92.9 Å². The molecule has 0 bridgehead atoms. The van der Waals surface area contributed by atoms with Gasteiger partial charge in [-0.25, -0.2) is 4.98 Å². The first kappa shape index (κ1) is 16.5. The lowest BCUT2D eigenvalue weighted by molar-refractivity contribution is 0.100. The standard InChI is InChI=1S/C16H15N5O.ClH/c1-18-15-12-4-2-3-5-13(12)20-16(21-15)19-11-8-6-10(7-9-11)14(17)22;/h2-9H,1H3,(H2,17,22)(H2,18,19,20,21);1H. The summed E-state index contributed by atoms with van der Waals surface area (Å²) in [6, 6.07) is 14.6. The molecular formula is C16H16ClN5O. The van der Waals surface area contributed by atoms with Crippen molar-refractivity contribution in [3.05, 3.63) is 54.1 Å². The van der Waals surface area contributed by atoms with Crippen molar-refractivity contribution in [2.75, 3.05) is 17.7 Å². The highest BCUT2D eigenvalue weighted by Gasteiger charge is 2.07. The van der Waals surface area contributed by atoms with Crippen LogP contribution in [0.2, 0.25) is 0 Å².